The number of nitrogens with two attached hydrogens (primary N) is 1. The fourth-order valence-corrected chi connectivity index (χ4v) is 2.63. The molecule has 0 amide bonds. The number of amidine groups is 2. The Labute approximate surface area is 134 Å². The van der Waals surface area contributed by atoms with Gasteiger partial charge in [-0.15, -0.1) is 0 Å². The Balaban J connectivity index is 1.89. The summed E-state index contributed by atoms with van der Waals surface area (Å²) in [6, 6.07) is 0.408. The van der Waals surface area contributed by atoms with Crippen LogP contribution in [0.25, 0.3) is 0 Å². The van der Waals surface area contributed by atoms with Gasteiger partial charge in [-0.2, -0.15) is 0 Å². The minimum absolute atomic E-state index is 0.408. The van der Waals surface area contributed by atoms with Gasteiger partial charge >= 0.3 is 0 Å². The van der Waals surface area contributed by atoms with E-state index in [1.54, 1.807) is 0 Å². The first-order chi connectivity index (χ1) is 10.8. The molecule has 0 radical (unpaired) electrons. The highest BCUT2D eigenvalue weighted by Gasteiger charge is 2.12. The second kappa shape index (κ2) is 9.36. The monoisotopic (exact) mass is 300 g/mol. The van der Waals surface area contributed by atoms with Crippen LogP contribution in [0.4, 0.5) is 0 Å². The lowest BCUT2D eigenvalue weighted by Crippen LogP contribution is -2.30. The Bertz CT molecular complexity index is 491. The molecule has 1 saturated heterocycles. The van der Waals surface area contributed by atoms with Crippen LogP contribution in [0.5, 0.6) is 0 Å². The van der Waals surface area contributed by atoms with Gasteiger partial charge in [0.1, 0.15) is 11.7 Å². The third-order valence-corrected chi connectivity index (χ3v) is 3.95. The van der Waals surface area contributed by atoms with Gasteiger partial charge in [0.05, 0.1) is 6.04 Å². The third-order valence-electron chi connectivity index (χ3n) is 3.95. The number of hydrogen-bond acceptors (Lipinski definition) is 2. The molecule has 0 unspecified atom stereocenters. The number of piperidine rings is 1. The summed E-state index contributed by atoms with van der Waals surface area (Å²) in [6.45, 7) is 4.20. The maximum Gasteiger partial charge on any atom is 0.125 e. The molecule has 120 valence electrons. The Morgan fingerprint density at radius 2 is 2.14 bits per heavy atom. The summed E-state index contributed by atoms with van der Waals surface area (Å²) in [5.74, 6) is 1.59. The molecule has 3 N–H and O–H groups in total. The van der Waals surface area contributed by atoms with Gasteiger partial charge in [0.25, 0.3) is 0 Å². The van der Waals surface area contributed by atoms with Crippen molar-refractivity contribution in [3.05, 3.63) is 36.0 Å². The Morgan fingerprint density at radius 3 is 2.91 bits per heavy atom. The first kappa shape index (κ1) is 16.7. The Morgan fingerprint density at radius 1 is 1.32 bits per heavy atom. The second-order valence-corrected chi connectivity index (χ2v) is 5.79. The summed E-state index contributed by atoms with van der Waals surface area (Å²) < 4.78 is 0. The zero-order valence-corrected chi connectivity index (χ0v) is 13.6. The molecule has 1 fully saturated rings. The zero-order valence-electron chi connectivity index (χ0n) is 13.6. The topological polar surface area (TPSA) is 62.8 Å². The predicted molar refractivity (Wildman–Crippen MR) is 95.5 cm³/mol. The molecule has 0 aromatic rings. The molecule has 2 rings (SSSR count). The van der Waals surface area contributed by atoms with Gasteiger partial charge in [-0.05, 0) is 44.3 Å². The number of nitrogens with zero attached hydrogens (tertiary/aromatic N) is 2. The molecule has 4 heteroatoms. The van der Waals surface area contributed by atoms with E-state index in [4.69, 9.17) is 10.7 Å². The minimum Gasteiger partial charge on any atom is -0.387 e. The van der Waals surface area contributed by atoms with Crippen LogP contribution in [0.3, 0.4) is 0 Å². The van der Waals surface area contributed by atoms with Crippen molar-refractivity contribution in [1.82, 2.24) is 5.32 Å². The molecule has 0 aromatic carbocycles. The first-order valence-electron chi connectivity index (χ1n) is 8.40. The van der Waals surface area contributed by atoms with E-state index in [1.807, 2.05) is 0 Å². The van der Waals surface area contributed by atoms with Crippen LogP contribution in [-0.4, -0.2) is 30.8 Å². The van der Waals surface area contributed by atoms with Crippen molar-refractivity contribution in [2.24, 2.45) is 15.7 Å². The molecule has 4 nitrogen and oxygen atoms in total. The average Bonchev–Trinajstić information content (AvgIpc) is 2.82. The highest BCUT2D eigenvalue weighted by Crippen LogP contribution is 2.12. The molecule has 1 aliphatic heterocycles. The van der Waals surface area contributed by atoms with Crippen LogP contribution >= 0.6 is 0 Å². The van der Waals surface area contributed by atoms with Gasteiger partial charge in [0, 0.05) is 12.8 Å². The fraction of sp³-hybridized carbons (Fsp3) is 0.556. The van der Waals surface area contributed by atoms with E-state index in [9.17, 15) is 0 Å². The molecule has 22 heavy (non-hydrogen) atoms. The molecule has 0 spiro atoms. The molecule has 0 atom stereocenters. The standard InChI is InChI=1S/C18H28N4/c1-2-18(21-16-11-13-20-14-12-16)22-17(19)10-9-15-7-5-3-4-6-8-15/h3,5-8,16,20H,2,4,9-14H2,1H3,(H2,19,21,22). The van der Waals surface area contributed by atoms with Gasteiger partial charge in [-0.1, -0.05) is 37.3 Å². The Kier molecular flexibility index (Phi) is 7.10. The van der Waals surface area contributed by atoms with Crippen molar-refractivity contribution in [1.29, 1.82) is 0 Å². The lowest BCUT2D eigenvalue weighted by molar-refractivity contribution is 0.459. The molecule has 0 bridgehead atoms. The molecule has 0 aromatic heterocycles. The average molecular weight is 300 g/mol. The van der Waals surface area contributed by atoms with Gasteiger partial charge in [0.15, 0.2) is 0 Å². The largest absolute Gasteiger partial charge is 0.387 e. The molecule has 0 saturated carbocycles. The predicted octanol–water partition coefficient (Wildman–Crippen LogP) is 3.13. The van der Waals surface area contributed by atoms with Crippen molar-refractivity contribution >= 4 is 11.7 Å². The maximum atomic E-state index is 6.10. The number of hydrogen-bond donors (Lipinski definition) is 2. The summed E-state index contributed by atoms with van der Waals surface area (Å²) >= 11 is 0. The number of rotatable bonds is 5. The van der Waals surface area contributed by atoms with E-state index in [1.165, 1.54) is 5.57 Å². The third kappa shape index (κ3) is 5.98. The second-order valence-electron chi connectivity index (χ2n) is 5.79. The van der Waals surface area contributed by atoms with Crippen molar-refractivity contribution in [3.8, 4) is 0 Å². The van der Waals surface area contributed by atoms with E-state index >= 15 is 0 Å². The van der Waals surface area contributed by atoms with Crippen molar-refractivity contribution in [2.45, 2.75) is 51.5 Å². The van der Waals surface area contributed by atoms with Crippen LogP contribution in [-0.2, 0) is 0 Å². The van der Waals surface area contributed by atoms with Crippen molar-refractivity contribution in [2.75, 3.05) is 13.1 Å². The highest BCUT2D eigenvalue weighted by molar-refractivity contribution is 5.96. The first-order valence-corrected chi connectivity index (χ1v) is 8.40. The van der Waals surface area contributed by atoms with Gasteiger partial charge in [-0.3, -0.25) is 4.99 Å². The van der Waals surface area contributed by atoms with Crippen LogP contribution in [0.15, 0.2) is 45.9 Å². The lowest BCUT2D eigenvalue weighted by Gasteiger charge is -2.19. The van der Waals surface area contributed by atoms with Crippen molar-refractivity contribution in [3.63, 3.8) is 0 Å². The zero-order chi connectivity index (χ0) is 15.6. The van der Waals surface area contributed by atoms with E-state index < -0.39 is 0 Å². The molecular weight excluding hydrogens is 272 g/mol. The normalized spacial score (nSPS) is 20.9. The minimum atomic E-state index is 0.408. The number of aliphatic imine (C=N–C) groups is 2. The Hall–Kier alpha value is -1.68. The summed E-state index contributed by atoms with van der Waals surface area (Å²) in [4.78, 5) is 9.32. The van der Waals surface area contributed by atoms with Crippen LogP contribution in [0.1, 0.15) is 45.4 Å². The number of nitrogens with one attached hydrogen (secondary N) is 1. The summed E-state index contributed by atoms with van der Waals surface area (Å²) in [5.41, 5.74) is 7.40. The summed E-state index contributed by atoms with van der Waals surface area (Å²) in [5, 5.41) is 3.36. The maximum absolute atomic E-state index is 6.10. The lowest BCUT2D eigenvalue weighted by atomic mass is 10.1. The molecule has 1 aliphatic carbocycles. The smallest absolute Gasteiger partial charge is 0.125 e. The van der Waals surface area contributed by atoms with Crippen molar-refractivity contribution < 1.29 is 0 Å². The van der Waals surface area contributed by atoms with E-state index in [0.29, 0.717) is 11.9 Å². The number of allylic oxidation sites excluding steroid dienone is 6. The van der Waals surface area contributed by atoms with E-state index in [-0.39, 0.29) is 0 Å². The fourth-order valence-electron chi connectivity index (χ4n) is 2.63. The summed E-state index contributed by atoms with van der Waals surface area (Å²) in [6.07, 6.45) is 16.5. The SMILES string of the molecule is CCC(N=C(N)CCC1=CC=CCC=C1)=NC1CCNCC1. The van der Waals surface area contributed by atoms with Crippen LogP contribution in [0, 0.1) is 0 Å². The molecule has 1 heterocycles. The summed E-state index contributed by atoms with van der Waals surface area (Å²) in [7, 11) is 0. The van der Waals surface area contributed by atoms with E-state index in [0.717, 1.165) is 57.5 Å². The van der Waals surface area contributed by atoms with Gasteiger partial charge in [-0.25, -0.2) is 4.99 Å². The van der Waals surface area contributed by atoms with Gasteiger partial charge < -0.3 is 11.1 Å². The highest BCUT2D eigenvalue weighted by atomic mass is 15.0. The van der Waals surface area contributed by atoms with Crippen LogP contribution in [0.2, 0.25) is 0 Å². The van der Waals surface area contributed by atoms with E-state index in [2.05, 4.69) is 47.6 Å². The molecular formula is C18H28N4. The molecule has 2 aliphatic rings. The van der Waals surface area contributed by atoms with Crippen LogP contribution < -0.4 is 11.1 Å². The van der Waals surface area contributed by atoms with Gasteiger partial charge in [0.2, 0.25) is 0 Å². The quantitative estimate of drug-likeness (QED) is 0.605.